The molecule has 0 aliphatic rings. The number of nitrogens with zero attached hydrogens (tertiary/aromatic N) is 3. The Morgan fingerprint density at radius 2 is 1.90 bits per heavy atom. The molecule has 29 heavy (non-hydrogen) atoms. The summed E-state index contributed by atoms with van der Waals surface area (Å²) in [6, 6.07) is 14.2. The van der Waals surface area contributed by atoms with Crippen LogP contribution in [-0.2, 0) is 13.1 Å². The fraction of sp³-hybridized carbons (Fsp3) is 0.273. The number of guanidine groups is 1. The van der Waals surface area contributed by atoms with Gasteiger partial charge in [-0.2, -0.15) is 0 Å². The average molecular weight is 393 g/mol. The predicted molar refractivity (Wildman–Crippen MR) is 116 cm³/mol. The minimum Gasteiger partial charge on any atom is -0.493 e. The van der Waals surface area contributed by atoms with E-state index in [0.29, 0.717) is 30.6 Å². The first-order valence-electron chi connectivity index (χ1n) is 9.54. The molecule has 3 rings (SSSR count). The molecule has 1 aromatic heterocycles. The molecule has 0 spiro atoms. The molecule has 0 fully saturated rings. The van der Waals surface area contributed by atoms with Crippen molar-refractivity contribution in [3.63, 3.8) is 0 Å². The topological polar surface area (TPSA) is 72.7 Å². The third-order valence-corrected chi connectivity index (χ3v) is 4.36. The largest absolute Gasteiger partial charge is 0.493 e. The van der Waals surface area contributed by atoms with Crippen LogP contribution in [0.3, 0.4) is 0 Å². The maximum Gasteiger partial charge on any atom is 0.195 e. The van der Waals surface area contributed by atoms with Crippen molar-refractivity contribution < 1.29 is 9.47 Å². The summed E-state index contributed by atoms with van der Waals surface area (Å²) in [5, 5.41) is 6.61. The highest BCUT2D eigenvalue weighted by molar-refractivity contribution is 5.93. The van der Waals surface area contributed by atoms with Gasteiger partial charge in [-0.05, 0) is 30.2 Å². The molecule has 0 radical (unpaired) electrons. The van der Waals surface area contributed by atoms with Crippen LogP contribution >= 0.6 is 0 Å². The molecule has 0 saturated carbocycles. The molecule has 7 heteroatoms. The van der Waals surface area contributed by atoms with E-state index < -0.39 is 0 Å². The molecule has 2 aromatic carbocycles. The maximum atomic E-state index is 5.63. The molecule has 0 aliphatic heterocycles. The van der Waals surface area contributed by atoms with E-state index in [4.69, 9.17) is 9.47 Å². The predicted octanol–water partition coefficient (Wildman–Crippen LogP) is 3.53. The second-order valence-corrected chi connectivity index (χ2v) is 6.40. The van der Waals surface area contributed by atoms with Gasteiger partial charge in [-0.1, -0.05) is 24.3 Å². The van der Waals surface area contributed by atoms with Crippen LogP contribution in [0, 0.1) is 0 Å². The number of benzene rings is 2. The van der Waals surface area contributed by atoms with E-state index in [1.54, 1.807) is 20.4 Å². The van der Waals surface area contributed by atoms with Crippen LogP contribution in [0.1, 0.15) is 18.1 Å². The van der Waals surface area contributed by atoms with Gasteiger partial charge in [0.05, 0.1) is 20.0 Å². The molecule has 0 amide bonds. The lowest BCUT2D eigenvalue weighted by Gasteiger charge is -2.15. The molecule has 0 bridgehead atoms. The highest BCUT2D eigenvalue weighted by atomic mass is 16.5. The lowest BCUT2D eigenvalue weighted by Crippen LogP contribution is -2.30. The minimum absolute atomic E-state index is 0.573. The van der Waals surface area contributed by atoms with Crippen molar-refractivity contribution in [2.24, 2.45) is 4.99 Å². The summed E-state index contributed by atoms with van der Waals surface area (Å²) >= 11 is 0. The fourth-order valence-electron chi connectivity index (χ4n) is 2.88. The zero-order valence-corrected chi connectivity index (χ0v) is 17.1. The van der Waals surface area contributed by atoms with Crippen LogP contribution in [0.15, 0.2) is 66.2 Å². The Bertz CT molecular complexity index is 921. The zero-order chi connectivity index (χ0) is 20.5. The SMILES string of the molecule is CCOc1cc(NC(=NC)NCc2ccc(Cn3ccnc3)cc2)ccc1OC. The standard InChI is InChI=1S/C22H27N5O2/c1-4-29-21-13-19(9-10-20(21)28-3)26-22(23-2)25-14-17-5-7-18(8-6-17)15-27-12-11-24-16-27/h5-13,16H,4,14-15H2,1-3H3,(H2,23,25,26). The summed E-state index contributed by atoms with van der Waals surface area (Å²) in [6.07, 6.45) is 5.57. The van der Waals surface area contributed by atoms with Gasteiger partial charge in [0.2, 0.25) is 0 Å². The van der Waals surface area contributed by atoms with Gasteiger partial charge in [0, 0.05) is 44.3 Å². The van der Waals surface area contributed by atoms with Crippen molar-refractivity contribution in [3.05, 3.63) is 72.3 Å². The summed E-state index contributed by atoms with van der Waals surface area (Å²) < 4.78 is 13.0. The van der Waals surface area contributed by atoms with E-state index >= 15 is 0 Å². The van der Waals surface area contributed by atoms with E-state index in [1.807, 2.05) is 42.2 Å². The highest BCUT2D eigenvalue weighted by Gasteiger charge is 2.07. The van der Waals surface area contributed by atoms with Crippen LogP contribution in [0.25, 0.3) is 0 Å². The van der Waals surface area contributed by atoms with Gasteiger partial charge in [-0.25, -0.2) is 4.98 Å². The third-order valence-electron chi connectivity index (χ3n) is 4.36. The van der Waals surface area contributed by atoms with E-state index in [1.165, 1.54) is 11.1 Å². The van der Waals surface area contributed by atoms with Crippen molar-refractivity contribution in [1.29, 1.82) is 0 Å². The number of anilines is 1. The van der Waals surface area contributed by atoms with Crippen molar-refractivity contribution in [1.82, 2.24) is 14.9 Å². The van der Waals surface area contributed by atoms with Gasteiger partial charge >= 0.3 is 0 Å². The van der Waals surface area contributed by atoms with Crippen LogP contribution < -0.4 is 20.1 Å². The Morgan fingerprint density at radius 1 is 1.10 bits per heavy atom. The van der Waals surface area contributed by atoms with Gasteiger partial charge in [0.1, 0.15) is 0 Å². The molecule has 2 N–H and O–H groups in total. The lowest BCUT2D eigenvalue weighted by atomic mass is 10.1. The minimum atomic E-state index is 0.573. The number of imidazole rings is 1. The molecule has 0 aliphatic carbocycles. The summed E-state index contributed by atoms with van der Waals surface area (Å²) in [4.78, 5) is 8.37. The van der Waals surface area contributed by atoms with E-state index in [0.717, 1.165) is 12.2 Å². The number of nitrogens with one attached hydrogen (secondary N) is 2. The van der Waals surface area contributed by atoms with Crippen LogP contribution in [0.2, 0.25) is 0 Å². The molecule has 3 aromatic rings. The molecular formula is C22H27N5O2. The van der Waals surface area contributed by atoms with Gasteiger partial charge in [-0.3, -0.25) is 4.99 Å². The Balaban J connectivity index is 1.57. The maximum absolute atomic E-state index is 5.63. The summed E-state index contributed by atoms with van der Waals surface area (Å²) in [5.41, 5.74) is 3.28. The first-order chi connectivity index (χ1) is 14.2. The quantitative estimate of drug-likeness (QED) is 0.452. The Kier molecular flexibility index (Phi) is 7.10. The van der Waals surface area contributed by atoms with Crippen molar-refractivity contribution in [2.75, 3.05) is 26.1 Å². The lowest BCUT2D eigenvalue weighted by molar-refractivity contribution is 0.311. The fourth-order valence-corrected chi connectivity index (χ4v) is 2.88. The van der Waals surface area contributed by atoms with Gasteiger partial charge in [-0.15, -0.1) is 0 Å². The number of methoxy groups -OCH3 is 1. The normalized spacial score (nSPS) is 11.2. The molecule has 0 atom stereocenters. The number of hydrogen-bond acceptors (Lipinski definition) is 4. The highest BCUT2D eigenvalue weighted by Crippen LogP contribution is 2.30. The number of rotatable bonds is 8. The van der Waals surface area contributed by atoms with Gasteiger partial charge in [0.15, 0.2) is 17.5 Å². The Hall–Kier alpha value is -3.48. The van der Waals surface area contributed by atoms with Crippen LogP contribution in [-0.4, -0.2) is 36.3 Å². The van der Waals surface area contributed by atoms with Crippen LogP contribution in [0.5, 0.6) is 11.5 Å². The Morgan fingerprint density at radius 3 is 2.55 bits per heavy atom. The van der Waals surface area contributed by atoms with Gasteiger partial charge in [0.25, 0.3) is 0 Å². The van der Waals surface area contributed by atoms with E-state index in [2.05, 4.69) is 44.9 Å². The third kappa shape index (κ3) is 5.75. The number of hydrogen-bond donors (Lipinski definition) is 2. The smallest absolute Gasteiger partial charge is 0.195 e. The van der Waals surface area contributed by atoms with Crippen molar-refractivity contribution in [2.45, 2.75) is 20.0 Å². The Labute approximate surface area is 171 Å². The first kappa shape index (κ1) is 20.3. The van der Waals surface area contributed by atoms with Crippen LogP contribution in [0.4, 0.5) is 5.69 Å². The molecule has 0 saturated heterocycles. The van der Waals surface area contributed by atoms with Crippen molar-refractivity contribution >= 4 is 11.6 Å². The zero-order valence-electron chi connectivity index (χ0n) is 17.1. The second-order valence-electron chi connectivity index (χ2n) is 6.40. The number of ether oxygens (including phenoxy) is 2. The summed E-state index contributed by atoms with van der Waals surface area (Å²) in [5.74, 6) is 2.08. The number of aromatic nitrogens is 2. The monoisotopic (exact) mass is 393 g/mol. The first-order valence-corrected chi connectivity index (χ1v) is 9.54. The molecule has 7 nitrogen and oxygen atoms in total. The summed E-state index contributed by atoms with van der Waals surface area (Å²) in [6.45, 7) is 4.00. The molecule has 152 valence electrons. The number of aliphatic imine (C=N–C) groups is 1. The van der Waals surface area contributed by atoms with E-state index in [9.17, 15) is 0 Å². The van der Waals surface area contributed by atoms with E-state index in [-0.39, 0.29) is 0 Å². The molecular weight excluding hydrogens is 366 g/mol. The average Bonchev–Trinajstić information content (AvgIpc) is 3.25. The molecule has 1 heterocycles. The van der Waals surface area contributed by atoms with Crippen molar-refractivity contribution in [3.8, 4) is 11.5 Å². The summed E-state index contributed by atoms with van der Waals surface area (Å²) in [7, 11) is 3.38. The van der Waals surface area contributed by atoms with Gasteiger partial charge < -0.3 is 24.7 Å². The second kappa shape index (κ2) is 10.2. The molecule has 0 unspecified atom stereocenters.